The molecule has 1 unspecified atom stereocenters. The zero-order valence-electron chi connectivity index (χ0n) is 13.1. The van der Waals surface area contributed by atoms with Crippen LogP contribution in [0.25, 0.3) is 0 Å². The Balaban J connectivity index is 1.91. The molecule has 0 spiro atoms. The molecule has 1 amide bonds. The van der Waals surface area contributed by atoms with E-state index in [4.69, 9.17) is 4.74 Å². The Morgan fingerprint density at radius 1 is 1.43 bits per heavy atom. The molecule has 0 aromatic heterocycles. The van der Waals surface area contributed by atoms with Gasteiger partial charge in [0.2, 0.25) is 5.91 Å². The Bertz CT molecular complexity index is 476. The van der Waals surface area contributed by atoms with Crippen molar-refractivity contribution < 1.29 is 9.53 Å². The summed E-state index contributed by atoms with van der Waals surface area (Å²) >= 11 is 0. The van der Waals surface area contributed by atoms with Crippen molar-refractivity contribution in [3.05, 3.63) is 24.3 Å². The summed E-state index contributed by atoms with van der Waals surface area (Å²) < 4.78 is 4.81. The van der Waals surface area contributed by atoms with Crippen molar-refractivity contribution in [1.29, 1.82) is 0 Å². The van der Waals surface area contributed by atoms with E-state index in [0.717, 1.165) is 30.9 Å². The van der Waals surface area contributed by atoms with Gasteiger partial charge in [0, 0.05) is 43.7 Å². The number of nitrogens with zero attached hydrogens (tertiary/aromatic N) is 1. The molecular formula is C16H25N3O2. The van der Waals surface area contributed by atoms with Gasteiger partial charge in [0.15, 0.2) is 0 Å². The number of likely N-dealkylation sites (tertiary alicyclic amines) is 1. The molecule has 2 N–H and O–H groups in total. The van der Waals surface area contributed by atoms with Crippen molar-refractivity contribution in [2.24, 2.45) is 0 Å². The zero-order chi connectivity index (χ0) is 15.2. The van der Waals surface area contributed by atoms with E-state index in [9.17, 15) is 4.79 Å². The van der Waals surface area contributed by atoms with Crippen molar-refractivity contribution in [2.45, 2.75) is 32.4 Å². The summed E-state index contributed by atoms with van der Waals surface area (Å²) in [5, 5.41) is 6.37. The van der Waals surface area contributed by atoms with Crippen molar-refractivity contribution in [1.82, 2.24) is 4.90 Å². The smallest absolute Gasteiger partial charge is 0.250 e. The minimum absolute atomic E-state index is 0.0730. The molecule has 0 bridgehead atoms. The maximum atomic E-state index is 11.5. The summed E-state index contributed by atoms with van der Waals surface area (Å²) in [5.41, 5.74) is 1.83. The minimum Gasteiger partial charge on any atom is -0.381 e. The SMILES string of the molecule is COCC(=O)Nc1cccc(NC2CCN(C(C)C)C2)c1. The van der Waals surface area contributed by atoms with Gasteiger partial charge in [-0.25, -0.2) is 0 Å². The zero-order valence-corrected chi connectivity index (χ0v) is 13.1. The normalized spacial score (nSPS) is 19.0. The molecule has 1 saturated heterocycles. The van der Waals surface area contributed by atoms with Gasteiger partial charge in [-0.15, -0.1) is 0 Å². The summed E-state index contributed by atoms with van der Waals surface area (Å²) in [6.45, 7) is 6.74. The molecule has 0 aliphatic carbocycles. The van der Waals surface area contributed by atoms with E-state index in [0.29, 0.717) is 12.1 Å². The van der Waals surface area contributed by atoms with Gasteiger partial charge in [0.05, 0.1) is 0 Å². The van der Waals surface area contributed by atoms with E-state index in [2.05, 4.69) is 29.4 Å². The molecule has 1 fully saturated rings. The fraction of sp³-hybridized carbons (Fsp3) is 0.562. The number of benzene rings is 1. The van der Waals surface area contributed by atoms with E-state index in [1.54, 1.807) is 0 Å². The van der Waals surface area contributed by atoms with Gasteiger partial charge < -0.3 is 15.4 Å². The Kier molecular flexibility index (Phi) is 5.59. The van der Waals surface area contributed by atoms with Crippen LogP contribution >= 0.6 is 0 Å². The van der Waals surface area contributed by atoms with Gasteiger partial charge in [0.25, 0.3) is 0 Å². The van der Waals surface area contributed by atoms with Crippen LogP contribution in [0.3, 0.4) is 0 Å². The predicted molar refractivity (Wildman–Crippen MR) is 85.7 cm³/mol. The number of carbonyl (C=O) groups is 1. The summed E-state index contributed by atoms with van der Waals surface area (Å²) in [6.07, 6.45) is 1.15. The Hall–Kier alpha value is -1.59. The number of hydrogen-bond donors (Lipinski definition) is 2. The number of ether oxygens (including phenoxy) is 1. The van der Waals surface area contributed by atoms with Gasteiger partial charge >= 0.3 is 0 Å². The van der Waals surface area contributed by atoms with Crippen LogP contribution in [-0.4, -0.2) is 49.7 Å². The standard InChI is InChI=1S/C16H25N3O2/c1-12(2)19-8-7-15(10-19)17-13-5-4-6-14(9-13)18-16(20)11-21-3/h4-6,9,12,15,17H,7-8,10-11H2,1-3H3,(H,18,20). The lowest BCUT2D eigenvalue weighted by Crippen LogP contribution is -2.31. The molecule has 116 valence electrons. The maximum absolute atomic E-state index is 11.5. The number of carbonyl (C=O) groups excluding carboxylic acids is 1. The van der Waals surface area contributed by atoms with E-state index in [1.165, 1.54) is 7.11 Å². The highest BCUT2D eigenvalue weighted by molar-refractivity contribution is 5.92. The number of amides is 1. The molecular weight excluding hydrogens is 266 g/mol. The molecule has 5 heteroatoms. The van der Waals surface area contributed by atoms with Gasteiger partial charge in [-0.05, 0) is 38.5 Å². The summed E-state index contributed by atoms with van der Waals surface area (Å²) in [7, 11) is 1.51. The average molecular weight is 291 g/mol. The Labute approximate surface area is 126 Å². The lowest BCUT2D eigenvalue weighted by atomic mass is 10.2. The highest BCUT2D eigenvalue weighted by Crippen LogP contribution is 2.20. The van der Waals surface area contributed by atoms with Crippen LogP contribution in [0.2, 0.25) is 0 Å². The quantitative estimate of drug-likeness (QED) is 0.843. The van der Waals surface area contributed by atoms with Crippen molar-refractivity contribution in [3.63, 3.8) is 0 Å². The predicted octanol–water partition coefficient (Wildman–Crippen LogP) is 2.17. The molecule has 5 nitrogen and oxygen atoms in total. The van der Waals surface area contributed by atoms with Crippen LogP contribution < -0.4 is 10.6 Å². The Morgan fingerprint density at radius 3 is 2.86 bits per heavy atom. The molecule has 0 saturated carbocycles. The third kappa shape index (κ3) is 4.72. The lowest BCUT2D eigenvalue weighted by molar-refractivity contribution is -0.119. The van der Waals surface area contributed by atoms with E-state index < -0.39 is 0 Å². The highest BCUT2D eigenvalue weighted by atomic mass is 16.5. The van der Waals surface area contributed by atoms with Crippen LogP contribution in [0.4, 0.5) is 11.4 Å². The third-order valence-corrected chi connectivity index (χ3v) is 3.74. The minimum atomic E-state index is -0.138. The molecule has 1 heterocycles. The lowest BCUT2D eigenvalue weighted by Gasteiger charge is -2.21. The van der Waals surface area contributed by atoms with E-state index >= 15 is 0 Å². The molecule has 1 atom stereocenters. The molecule has 1 aliphatic rings. The molecule has 21 heavy (non-hydrogen) atoms. The van der Waals surface area contributed by atoms with Crippen LogP contribution in [0.1, 0.15) is 20.3 Å². The van der Waals surface area contributed by atoms with Gasteiger partial charge in [0.1, 0.15) is 6.61 Å². The summed E-state index contributed by atoms with van der Waals surface area (Å²) in [6, 6.07) is 8.89. The average Bonchev–Trinajstić information content (AvgIpc) is 2.88. The van der Waals surface area contributed by atoms with Crippen LogP contribution in [0.15, 0.2) is 24.3 Å². The second kappa shape index (κ2) is 7.43. The summed E-state index contributed by atoms with van der Waals surface area (Å²) in [4.78, 5) is 14.0. The topological polar surface area (TPSA) is 53.6 Å². The first-order valence-corrected chi connectivity index (χ1v) is 7.48. The first kappa shape index (κ1) is 15.8. The van der Waals surface area contributed by atoms with Gasteiger partial charge in [-0.1, -0.05) is 6.07 Å². The summed E-state index contributed by atoms with van der Waals surface area (Å²) in [5.74, 6) is -0.138. The van der Waals surface area contributed by atoms with Crippen molar-refractivity contribution in [2.75, 3.05) is 37.4 Å². The second-order valence-corrected chi connectivity index (χ2v) is 5.78. The van der Waals surface area contributed by atoms with Gasteiger partial charge in [-0.3, -0.25) is 9.69 Å². The molecule has 0 radical (unpaired) electrons. The number of nitrogens with one attached hydrogen (secondary N) is 2. The first-order valence-electron chi connectivity index (χ1n) is 7.48. The third-order valence-electron chi connectivity index (χ3n) is 3.74. The van der Waals surface area contributed by atoms with Crippen LogP contribution in [-0.2, 0) is 9.53 Å². The number of hydrogen-bond acceptors (Lipinski definition) is 4. The second-order valence-electron chi connectivity index (χ2n) is 5.78. The number of anilines is 2. The van der Waals surface area contributed by atoms with E-state index in [1.807, 2.05) is 24.3 Å². The maximum Gasteiger partial charge on any atom is 0.250 e. The van der Waals surface area contributed by atoms with Gasteiger partial charge in [-0.2, -0.15) is 0 Å². The molecule has 1 aliphatic heterocycles. The molecule has 2 rings (SSSR count). The number of methoxy groups -OCH3 is 1. The monoisotopic (exact) mass is 291 g/mol. The van der Waals surface area contributed by atoms with E-state index in [-0.39, 0.29) is 12.5 Å². The van der Waals surface area contributed by atoms with Crippen molar-refractivity contribution in [3.8, 4) is 0 Å². The molecule has 1 aromatic carbocycles. The fourth-order valence-corrected chi connectivity index (χ4v) is 2.62. The molecule has 1 aromatic rings. The number of rotatable bonds is 6. The Morgan fingerprint density at radius 2 is 2.19 bits per heavy atom. The first-order chi connectivity index (χ1) is 10.1. The highest BCUT2D eigenvalue weighted by Gasteiger charge is 2.23. The largest absolute Gasteiger partial charge is 0.381 e. The van der Waals surface area contributed by atoms with Crippen LogP contribution in [0, 0.1) is 0 Å². The van der Waals surface area contributed by atoms with Crippen molar-refractivity contribution >= 4 is 17.3 Å². The fourth-order valence-electron chi connectivity index (χ4n) is 2.62. The van der Waals surface area contributed by atoms with Crippen LogP contribution in [0.5, 0.6) is 0 Å².